The van der Waals surface area contributed by atoms with E-state index in [9.17, 15) is 14.7 Å². The van der Waals surface area contributed by atoms with Crippen LogP contribution in [0.25, 0.3) is 0 Å². The van der Waals surface area contributed by atoms with Gasteiger partial charge in [0.1, 0.15) is 0 Å². The summed E-state index contributed by atoms with van der Waals surface area (Å²) in [5.74, 6) is -0.409. The summed E-state index contributed by atoms with van der Waals surface area (Å²) in [7, 11) is 1.29. The van der Waals surface area contributed by atoms with Gasteiger partial charge in [0, 0.05) is 12.6 Å². The lowest BCUT2D eigenvalue weighted by atomic mass is 9.78. The van der Waals surface area contributed by atoms with E-state index in [4.69, 9.17) is 5.73 Å². The predicted octanol–water partition coefficient (Wildman–Crippen LogP) is 2.48. The molecule has 1 saturated heterocycles. The molecule has 9 heteroatoms. The van der Waals surface area contributed by atoms with E-state index in [-0.39, 0.29) is 28.2 Å². The highest BCUT2D eigenvalue weighted by Crippen LogP contribution is 2.35. The molecule has 2 heterocycles. The fraction of sp³-hybridized carbons (Fsp3) is 0.667. The first-order chi connectivity index (χ1) is 11.1. The van der Waals surface area contributed by atoms with Crippen molar-refractivity contribution in [2.24, 2.45) is 5.41 Å². The van der Waals surface area contributed by atoms with Crippen LogP contribution in [0.3, 0.4) is 0 Å². The number of anilines is 2. The number of carboxylic acid groups (broad SMARTS) is 1. The van der Waals surface area contributed by atoms with Crippen molar-refractivity contribution in [3.63, 3.8) is 0 Å². The monoisotopic (exact) mass is 356 g/mol. The van der Waals surface area contributed by atoms with Gasteiger partial charge in [-0.2, -0.15) is 0 Å². The van der Waals surface area contributed by atoms with E-state index in [1.54, 1.807) is 0 Å². The number of rotatable bonds is 3. The Kier molecular flexibility index (Phi) is 5.22. The second kappa shape index (κ2) is 6.84. The molecular weight excluding hydrogens is 332 g/mol. The van der Waals surface area contributed by atoms with Crippen LogP contribution in [0.4, 0.5) is 15.7 Å². The van der Waals surface area contributed by atoms with Gasteiger partial charge in [-0.15, -0.1) is 0 Å². The third kappa shape index (κ3) is 3.72. The van der Waals surface area contributed by atoms with Gasteiger partial charge in [-0.05, 0) is 18.3 Å². The number of carbonyl (C=O) groups excluding carboxylic acids is 1. The van der Waals surface area contributed by atoms with Crippen molar-refractivity contribution < 1.29 is 19.4 Å². The lowest BCUT2D eigenvalue weighted by Crippen LogP contribution is -2.58. The van der Waals surface area contributed by atoms with Crippen molar-refractivity contribution in [2.75, 3.05) is 24.7 Å². The second-order valence-corrected chi connectivity index (χ2v) is 7.90. The molecule has 0 aliphatic carbocycles. The summed E-state index contributed by atoms with van der Waals surface area (Å²) in [6, 6.07) is -0.318. The zero-order valence-electron chi connectivity index (χ0n) is 14.3. The van der Waals surface area contributed by atoms with Gasteiger partial charge in [-0.3, -0.25) is 0 Å². The molecule has 1 amide bonds. The molecule has 1 aromatic rings. The Hall–Kier alpha value is -2.03. The van der Waals surface area contributed by atoms with Crippen LogP contribution < -0.4 is 11.1 Å². The number of nitrogens with zero attached hydrogens (tertiary/aromatic N) is 2. The summed E-state index contributed by atoms with van der Waals surface area (Å²) < 4.78 is 4.68. The molecule has 8 nitrogen and oxygen atoms in total. The number of nitrogens with one attached hydrogen (secondary N) is 1. The van der Waals surface area contributed by atoms with Gasteiger partial charge < -0.3 is 25.8 Å². The highest BCUT2D eigenvalue weighted by atomic mass is 32.1. The first kappa shape index (κ1) is 18.3. The van der Waals surface area contributed by atoms with Crippen molar-refractivity contribution in [3.8, 4) is 0 Å². The number of methoxy groups -OCH3 is 1. The number of piperidine rings is 1. The molecule has 24 heavy (non-hydrogen) atoms. The number of thiazole rings is 1. The van der Waals surface area contributed by atoms with Crippen LogP contribution in [0.2, 0.25) is 0 Å². The molecule has 1 aliphatic rings. The summed E-state index contributed by atoms with van der Waals surface area (Å²) in [5, 5.41) is 13.3. The molecular formula is C15H24N4O4S. The molecule has 2 rings (SSSR count). The third-order valence-corrected chi connectivity index (χ3v) is 5.08. The summed E-state index contributed by atoms with van der Waals surface area (Å²) in [6.07, 6.45) is 0.662. The normalized spacial score (nSPS) is 21.4. The summed E-state index contributed by atoms with van der Waals surface area (Å²) in [4.78, 5) is 29.2. The van der Waals surface area contributed by atoms with Gasteiger partial charge in [0.2, 0.25) is 0 Å². The molecule has 0 bridgehead atoms. The van der Waals surface area contributed by atoms with Crippen LogP contribution in [-0.2, 0) is 4.74 Å². The molecule has 0 radical (unpaired) electrons. The molecule has 0 saturated carbocycles. The quantitative estimate of drug-likeness (QED) is 0.712. The molecule has 2 atom stereocenters. The number of ether oxygens (including phenoxy) is 1. The summed E-state index contributed by atoms with van der Waals surface area (Å²) in [6.45, 7) is 6.57. The van der Waals surface area contributed by atoms with Gasteiger partial charge in [0.15, 0.2) is 15.8 Å². The Labute approximate surface area is 145 Å². The van der Waals surface area contributed by atoms with Crippen molar-refractivity contribution >= 4 is 34.3 Å². The minimum Gasteiger partial charge on any atom is -0.465 e. The van der Waals surface area contributed by atoms with E-state index in [0.29, 0.717) is 11.7 Å². The highest BCUT2D eigenvalue weighted by Gasteiger charge is 2.42. The predicted molar refractivity (Wildman–Crippen MR) is 92.5 cm³/mol. The number of hydrogen-bond donors (Lipinski definition) is 3. The average Bonchev–Trinajstić information content (AvgIpc) is 2.85. The number of hydrogen-bond acceptors (Lipinski definition) is 7. The molecule has 2 unspecified atom stereocenters. The van der Waals surface area contributed by atoms with Crippen LogP contribution in [0.1, 0.15) is 43.3 Å². The topological polar surface area (TPSA) is 118 Å². The Morgan fingerprint density at radius 1 is 1.46 bits per heavy atom. The average molecular weight is 356 g/mol. The van der Waals surface area contributed by atoms with Crippen LogP contribution >= 0.6 is 11.3 Å². The summed E-state index contributed by atoms with van der Waals surface area (Å²) >= 11 is 1.12. The Morgan fingerprint density at radius 2 is 2.12 bits per heavy atom. The number of nitrogen functional groups attached to an aromatic ring is 1. The molecule has 0 spiro atoms. The van der Waals surface area contributed by atoms with E-state index >= 15 is 0 Å². The molecule has 1 aliphatic heterocycles. The maximum atomic E-state index is 11.7. The van der Waals surface area contributed by atoms with E-state index in [1.165, 1.54) is 12.0 Å². The number of amides is 1. The SMILES string of the molecule is COC(=O)c1sc(NC2CCCN(C(=O)O)C2C(C)(C)C)nc1N. The number of aromatic nitrogens is 1. The number of nitrogens with two attached hydrogens (primary N) is 1. The second-order valence-electron chi connectivity index (χ2n) is 6.90. The minimum atomic E-state index is -0.921. The molecule has 4 N–H and O–H groups in total. The molecule has 0 aromatic carbocycles. The van der Waals surface area contributed by atoms with Crippen molar-refractivity contribution in [2.45, 2.75) is 45.7 Å². The van der Waals surface area contributed by atoms with E-state index in [2.05, 4.69) is 15.0 Å². The van der Waals surface area contributed by atoms with Crippen LogP contribution in [0, 0.1) is 5.41 Å². The van der Waals surface area contributed by atoms with Crippen LogP contribution in [0.5, 0.6) is 0 Å². The Balaban J connectivity index is 2.26. The van der Waals surface area contributed by atoms with Crippen LogP contribution in [-0.4, -0.2) is 52.8 Å². The van der Waals surface area contributed by atoms with Crippen LogP contribution in [0.15, 0.2) is 0 Å². The van der Waals surface area contributed by atoms with E-state index in [1.807, 2.05) is 20.8 Å². The van der Waals surface area contributed by atoms with E-state index in [0.717, 1.165) is 24.2 Å². The van der Waals surface area contributed by atoms with Gasteiger partial charge >= 0.3 is 12.1 Å². The lowest BCUT2D eigenvalue weighted by molar-refractivity contribution is 0.0519. The third-order valence-electron chi connectivity index (χ3n) is 4.10. The fourth-order valence-corrected chi connectivity index (χ4v) is 4.09. The summed E-state index contributed by atoms with van der Waals surface area (Å²) in [5.41, 5.74) is 5.53. The first-order valence-corrected chi connectivity index (χ1v) is 8.57. The number of esters is 1. The smallest absolute Gasteiger partial charge is 0.407 e. The molecule has 1 aromatic heterocycles. The van der Waals surface area contributed by atoms with Gasteiger partial charge in [-0.25, -0.2) is 14.6 Å². The highest BCUT2D eigenvalue weighted by molar-refractivity contribution is 7.17. The maximum Gasteiger partial charge on any atom is 0.407 e. The zero-order valence-corrected chi connectivity index (χ0v) is 15.1. The van der Waals surface area contributed by atoms with E-state index < -0.39 is 12.1 Å². The molecule has 1 fully saturated rings. The Bertz CT molecular complexity index is 625. The molecule has 134 valence electrons. The van der Waals surface area contributed by atoms with Gasteiger partial charge in [-0.1, -0.05) is 32.1 Å². The maximum absolute atomic E-state index is 11.7. The minimum absolute atomic E-state index is 0.106. The fourth-order valence-electron chi connectivity index (χ4n) is 3.22. The largest absolute Gasteiger partial charge is 0.465 e. The standard InChI is InChI=1S/C15H24N4O4S/c1-15(2,3)10-8(6-5-7-19(10)14(21)22)17-13-18-11(16)9(24-13)12(20)23-4/h8,10H,5-7,16H2,1-4H3,(H,17,18)(H,21,22). The number of carbonyl (C=O) groups is 2. The van der Waals surface area contributed by atoms with Gasteiger partial charge in [0.25, 0.3) is 0 Å². The zero-order chi connectivity index (χ0) is 18.1. The first-order valence-electron chi connectivity index (χ1n) is 7.76. The lowest BCUT2D eigenvalue weighted by Gasteiger charge is -2.46. The van der Waals surface area contributed by atoms with Crippen molar-refractivity contribution in [1.82, 2.24) is 9.88 Å². The van der Waals surface area contributed by atoms with Crippen molar-refractivity contribution in [1.29, 1.82) is 0 Å². The number of likely N-dealkylation sites (tertiary alicyclic amines) is 1. The van der Waals surface area contributed by atoms with Crippen molar-refractivity contribution in [3.05, 3.63) is 4.88 Å². The Morgan fingerprint density at radius 3 is 2.67 bits per heavy atom. The van der Waals surface area contributed by atoms with Gasteiger partial charge in [0.05, 0.1) is 13.2 Å².